The molecule has 160 valence electrons. The summed E-state index contributed by atoms with van der Waals surface area (Å²) >= 11 is 0. The monoisotopic (exact) mass is 442 g/mol. The Kier molecular flexibility index (Phi) is 4.57. The Labute approximate surface area is 194 Å². The first kappa shape index (κ1) is 20.0. The van der Waals surface area contributed by atoms with Crippen molar-refractivity contribution in [1.82, 2.24) is 4.98 Å². The second-order valence-corrected chi connectivity index (χ2v) is 8.24. The Hall–Kier alpha value is -4.62. The number of benzene rings is 5. The van der Waals surface area contributed by atoms with Gasteiger partial charge in [0.2, 0.25) is 0 Å². The van der Waals surface area contributed by atoms with Crippen LogP contribution in [0.15, 0.2) is 97.2 Å². The summed E-state index contributed by atoms with van der Waals surface area (Å²) < 4.78 is 27.8. The predicted molar refractivity (Wildman–Crippen MR) is 132 cm³/mol. The number of hydrogen-bond acceptors (Lipinski definition) is 2. The second-order valence-electron chi connectivity index (χ2n) is 8.24. The molecule has 0 amide bonds. The van der Waals surface area contributed by atoms with Crippen molar-refractivity contribution in [2.24, 2.45) is 0 Å². The molecule has 5 aromatic carbocycles. The minimum atomic E-state index is -0.608. The smallest absolute Gasteiger partial charge is 0.126 e. The number of halogens is 2. The minimum Gasteiger partial charge on any atom is -0.256 e. The number of fused-ring (bicyclic) bond motifs is 4. The molecular formula is C30H16F2N2. The Morgan fingerprint density at radius 3 is 2.18 bits per heavy atom. The van der Waals surface area contributed by atoms with Crippen LogP contribution in [0.4, 0.5) is 8.78 Å². The normalized spacial score (nSPS) is 11.2. The molecule has 0 bridgehead atoms. The van der Waals surface area contributed by atoms with Gasteiger partial charge in [0.05, 0.1) is 17.3 Å². The van der Waals surface area contributed by atoms with Gasteiger partial charge in [-0.05, 0) is 68.4 Å². The highest BCUT2D eigenvalue weighted by atomic mass is 19.1. The molecule has 34 heavy (non-hydrogen) atoms. The number of rotatable bonds is 2. The summed E-state index contributed by atoms with van der Waals surface area (Å²) in [5, 5.41) is 15.4. The van der Waals surface area contributed by atoms with Gasteiger partial charge in [-0.3, -0.25) is 4.98 Å². The van der Waals surface area contributed by atoms with Gasteiger partial charge >= 0.3 is 0 Å². The molecule has 0 radical (unpaired) electrons. The maximum Gasteiger partial charge on any atom is 0.126 e. The maximum absolute atomic E-state index is 13.9. The third-order valence-electron chi connectivity index (χ3n) is 6.23. The number of aromatic nitrogens is 1. The second kappa shape index (κ2) is 7.75. The molecule has 0 aliphatic rings. The van der Waals surface area contributed by atoms with E-state index in [0.29, 0.717) is 11.1 Å². The van der Waals surface area contributed by atoms with E-state index in [1.54, 1.807) is 6.20 Å². The number of nitriles is 1. The number of nitrogens with zero attached hydrogens (tertiary/aromatic N) is 2. The molecule has 0 atom stereocenters. The van der Waals surface area contributed by atoms with Gasteiger partial charge in [-0.25, -0.2) is 8.78 Å². The summed E-state index contributed by atoms with van der Waals surface area (Å²) in [6, 6.07) is 29.3. The van der Waals surface area contributed by atoms with E-state index in [4.69, 9.17) is 0 Å². The van der Waals surface area contributed by atoms with E-state index in [1.807, 2.05) is 72.8 Å². The van der Waals surface area contributed by atoms with Gasteiger partial charge in [0.1, 0.15) is 11.6 Å². The van der Waals surface area contributed by atoms with Gasteiger partial charge < -0.3 is 0 Å². The molecule has 0 fully saturated rings. The van der Waals surface area contributed by atoms with Crippen LogP contribution >= 0.6 is 0 Å². The van der Waals surface area contributed by atoms with Crippen LogP contribution in [0.1, 0.15) is 5.56 Å². The summed E-state index contributed by atoms with van der Waals surface area (Å²) in [4.78, 5) is 4.66. The van der Waals surface area contributed by atoms with Gasteiger partial charge in [-0.2, -0.15) is 5.26 Å². The van der Waals surface area contributed by atoms with E-state index in [1.165, 1.54) is 12.1 Å². The quantitative estimate of drug-likeness (QED) is 0.255. The fourth-order valence-electron chi connectivity index (χ4n) is 4.75. The molecule has 0 N–H and O–H groups in total. The molecule has 0 spiro atoms. The van der Waals surface area contributed by atoms with Gasteiger partial charge in [-0.1, -0.05) is 54.6 Å². The van der Waals surface area contributed by atoms with E-state index < -0.39 is 11.6 Å². The van der Waals surface area contributed by atoms with E-state index >= 15 is 0 Å². The highest BCUT2D eigenvalue weighted by Gasteiger charge is 2.13. The van der Waals surface area contributed by atoms with Crippen LogP contribution in [0.3, 0.4) is 0 Å². The summed E-state index contributed by atoms with van der Waals surface area (Å²) in [6.07, 6.45) is 1.76. The van der Waals surface area contributed by atoms with Gasteiger partial charge in [0.25, 0.3) is 0 Å². The zero-order valence-electron chi connectivity index (χ0n) is 17.9. The van der Waals surface area contributed by atoms with Crippen molar-refractivity contribution in [1.29, 1.82) is 5.26 Å². The van der Waals surface area contributed by atoms with Crippen molar-refractivity contribution in [2.75, 3.05) is 0 Å². The molecular weight excluding hydrogens is 426 g/mol. The molecule has 0 saturated carbocycles. The molecule has 0 aliphatic heterocycles. The van der Waals surface area contributed by atoms with Crippen LogP contribution in [-0.4, -0.2) is 4.98 Å². The summed E-state index contributed by atoms with van der Waals surface area (Å²) in [6.45, 7) is 0. The molecule has 1 heterocycles. The van der Waals surface area contributed by atoms with Crippen molar-refractivity contribution in [3.05, 3.63) is 114 Å². The van der Waals surface area contributed by atoms with Crippen LogP contribution in [0.5, 0.6) is 0 Å². The Morgan fingerprint density at radius 2 is 1.35 bits per heavy atom. The molecule has 6 aromatic rings. The Bertz CT molecular complexity index is 1780. The van der Waals surface area contributed by atoms with Crippen LogP contribution in [0, 0.1) is 23.0 Å². The van der Waals surface area contributed by atoms with E-state index in [0.717, 1.165) is 55.2 Å². The third kappa shape index (κ3) is 3.18. The molecule has 2 nitrogen and oxygen atoms in total. The lowest BCUT2D eigenvalue weighted by Crippen LogP contribution is -1.91. The van der Waals surface area contributed by atoms with Crippen LogP contribution in [-0.2, 0) is 0 Å². The lowest BCUT2D eigenvalue weighted by atomic mass is 9.92. The van der Waals surface area contributed by atoms with Gasteiger partial charge in [0, 0.05) is 23.2 Å². The lowest BCUT2D eigenvalue weighted by Gasteiger charge is -2.13. The predicted octanol–water partition coefficient (Wildman–Crippen LogP) is 8.03. The average Bonchev–Trinajstić information content (AvgIpc) is 2.86. The van der Waals surface area contributed by atoms with E-state index in [9.17, 15) is 14.0 Å². The van der Waals surface area contributed by atoms with Crippen LogP contribution in [0.2, 0.25) is 0 Å². The topological polar surface area (TPSA) is 36.7 Å². The standard InChI is InChI=1S/C30H16F2N2/c31-22-14-19(15-23(32)16-22)25-6-3-7-26-27(25)8-9-29-28(26)10-11-34-30(29)20-12-18-4-1-2-5-24(18)21(13-20)17-33/h1-16H. The van der Waals surface area contributed by atoms with Crippen molar-refractivity contribution in [3.8, 4) is 28.5 Å². The first-order valence-electron chi connectivity index (χ1n) is 10.8. The highest BCUT2D eigenvalue weighted by molar-refractivity contribution is 6.15. The van der Waals surface area contributed by atoms with Crippen LogP contribution < -0.4 is 0 Å². The zero-order valence-corrected chi connectivity index (χ0v) is 17.9. The highest BCUT2D eigenvalue weighted by Crippen LogP contribution is 2.37. The first-order chi connectivity index (χ1) is 16.6. The van der Waals surface area contributed by atoms with Crippen molar-refractivity contribution >= 4 is 32.3 Å². The SMILES string of the molecule is N#Cc1cc(-c2nccc3c2ccc2c(-c4cc(F)cc(F)c4)cccc23)cc2ccccc12. The minimum absolute atomic E-state index is 0.491. The van der Waals surface area contributed by atoms with Crippen molar-refractivity contribution in [2.45, 2.75) is 0 Å². The summed E-state index contributed by atoms with van der Waals surface area (Å²) in [5.41, 5.74) is 3.49. The van der Waals surface area contributed by atoms with Gasteiger partial charge in [-0.15, -0.1) is 0 Å². The number of hydrogen-bond donors (Lipinski definition) is 0. The molecule has 4 heteroatoms. The number of pyridine rings is 1. The van der Waals surface area contributed by atoms with Crippen LogP contribution in [0.25, 0.3) is 54.7 Å². The van der Waals surface area contributed by atoms with Gasteiger partial charge in [0.15, 0.2) is 0 Å². The summed E-state index contributed by atoms with van der Waals surface area (Å²) in [7, 11) is 0. The fourth-order valence-corrected chi connectivity index (χ4v) is 4.75. The molecule has 6 rings (SSSR count). The zero-order chi connectivity index (χ0) is 23.2. The first-order valence-corrected chi connectivity index (χ1v) is 10.8. The largest absolute Gasteiger partial charge is 0.256 e. The van der Waals surface area contributed by atoms with Crippen molar-refractivity contribution < 1.29 is 8.78 Å². The Balaban J connectivity index is 1.62. The molecule has 0 saturated heterocycles. The Morgan fingerprint density at radius 1 is 0.618 bits per heavy atom. The maximum atomic E-state index is 13.9. The molecule has 1 aromatic heterocycles. The van der Waals surface area contributed by atoms with E-state index in [2.05, 4.69) is 11.1 Å². The summed E-state index contributed by atoms with van der Waals surface area (Å²) in [5.74, 6) is -1.22. The third-order valence-corrected chi connectivity index (χ3v) is 6.23. The average molecular weight is 442 g/mol. The lowest BCUT2D eigenvalue weighted by molar-refractivity contribution is 0.584. The fraction of sp³-hybridized carbons (Fsp3) is 0. The van der Waals surface area contributed by atoms with E-state index in [-0.39, 0.29) is 0 Å². The molecule has 0 aliphatic carbocycles. The molecule has 0 unspecified atom stereocenters. The van der Waals surface area contributed by atoms with Crippen molar-refractivity contribution in [3.63, 3.8) is 0 Å².